The summed E-state index contributed by atoms with van der Waals surface area (Å²) in [6, 6.07) is 7.69. The second kappa shape index (κ2) is 12.0. The Labute approximate surface area is 194 Å². The molecule has 1 saturated heterocycles. The largest absolute Gasteiger partial charge is 0.463 e. The number of carbonyl (C=O) groups is 4. The monoisotopic (exact) mass is 514 g/mol. The quantitative estimate of drug-likeness (QED) is 0.292. The van der Waals surface area contributed by atoms with Crippen molar-refractivity contribution in [3.8, 4) is 0 Å². The minimum Gasteiger partial charge on any atom is -0.463 e. The van der Waals surface area contributed by atoms with Gasteiger partial charge in [0.25, 0.3) is 0 Å². The van der Waals surface area contributed by atoms with Gasteiger partial charge in [-0.25, -0.2) is 0 Å². The minimum absolute atomic E-state index is 0.239. The van der Waals surface area contributed by atoms with Crippen LogP contribution in [0.25, 0.3) is 0 Å². The molecule has 1 heterocycles. The summed E-state index contributed by atoms with van der Waals surface area (Å²) in [6.07, 6.45) is -4.74. The van der Waals surface area contributed by atoms with Crippen LogP contribution in [0.1, 0.15) is 38.8 Å². The average Bonchev–Trinajstić information content (AvgIpc) is 2.70. The number of hydrogen-bond acceptors (Lipinski definition) is 9. The van der Waals surface area contributed by atoms with Gasteiger partial charge in [0.15, 0.2) is 18.3 Å². The van der Waals surface area contributed by atoms with Crippen molar-refractivity contribution in [2.45, 2.75) is 70.0 Å². The van der Waals surface area contributed by atoms with E-state index in [1.807, 2.05) is 24.3 Å². The molecule has 1 aromatic carbocycles. The Morgan fingerprint density at radius 1 is 0.750 bits per heavy atom. The van der Waals surface area contributed by atoms with Crippen LogP contribution in [0.3, 0.4) is 0 Å². The van der Waals surface area contributed by atoms with E-state index in [9.17, 15) is 19.2 Å². The van der Waals surface area contributed by atoms with E-state index < -0.39 is 54.4 Å². The van der Waals surface area contributed by atoms with Crippen LogP contribution in [-0.4, -0.2) is 61.0 Å². The highest BCUT2D eigenvalue weighted by molar-refractivity contribution is 9.08. The number of carbonyl (C=O) groups excluding carboxylic acids is 4. The van der Waals surface area contributed by atoms with Crippen LogP contribution in [-0.2, 0) is 54.6 Å². The predicted octanol–water partition coefficient (Wildman–Crippen LogP) is 2.25. The number of ether oxygens (including phenoxy) is 5. The number of halogens is 1. The smallest absolute Gasteiger partial charge is 0.303 e. The van der Waals surface area contributed by atoms with Gasteiger partial charge < -0.3 is 23.7 Å². The second-order valence-corrected chi connectivity index (χ2v) is 7.95. The van der Waals surface area contributed by atoms with Gasteiger partial charge in [-0.1, -0.05) is 40.2 Å². The molecular formula is C22H27BrO9. The molecule has 0 radical (unpaired) electrons. The molecule has 0 spiro atoms. The van der Waals surface area contributed by atoms with Gasteiger partial charge in [0.05, 0.1) is 0 Å². The normalized spacial score (nSPS) is 24.8. The van der Waals surface area contributed by atoms with Crippen LogP contribution in [0.5, 0.6) is 0 Å². The van der Waals surface area contributed by atoms with E-state index in [-0.39, 0.29) is 6.61 Å². The summed E-state index contributed by atoms with van der Waals surface area (Å²) in [6.45, 7) is 4.60. The Morgan fingerprint density at radius 2 is 1.22 bits per heavy atom. The van der Waals surface area contributed by atoms with Gasteiger partial charge in [0.1, 0.15) is 18.8 Å². The predicted molar refractivity (Wildman–Crippen MR) is 115 cm³/mol. The molecule has 0 N–H and O–H groups in total. The lowest BCUT2D eigenvalue weighted by Gasteiger charge is -2.44. The first-order valence-corrected chi connectivity index (χ1v) is 11.2. The molecule has 1 aromatic rings. The van der Waals surface area contributed by atoms with E-state index in [1.54, 1.807) is 0 Å². The lowest BCUT2D eigenvalue weighted by atomic mass is 9.90. The lowest BCUT2D eigenvalue weighted by Crippen LogP contribution is -2.62. The van der Waals surface area contributed by atoms with E-state index in [1.165, 1.54) is 27.7 Å². The van der Waals surface area contributed by atoms with Crippen molar-refractivity contribution in [3.05, 3.63) is 35.4 Å². The van der Waals surface area contributed by atoms with E-state index in [4.69, 9.17) is 23.7 Å². The van der Waals surface area contributed by atoms with Crippen molar-refractivity contribution in [1.29, 1.82) is 0 Å². The fourth-order valence-corrected chi connectivity index (χ4v) is 3.85. The maximum absolute atomic E-state index is 11.8. The maximum Gasteiger partial charge on any atom is 0.303 e. The van der Waals surface area contributed by atoms with Gasteiger partial charge in [-0.15, -0.1) is 0 Å². The molecule has 5 unspecified atom stereocenters. The van der Waals surface area contributed by atoms with Crippen molar-refractivity contribution in [2.24, 2.45) is 0 Å². The van der Waals surface area contributed by atoms with Gasteiger partial charge in [-0.05, 0) is 11.1 Å². The third kappa shape index (κ3) is 7.59. The molecule has 0 amide bonds. The highest BCUT2D eigenvalue weighted by Crippen LogP contribution is 2.31. The molecule has 2 rings (SSSR count). The minimum atomic E-state index is -1.15. The molecule has 0 aromatic heterocycles. The molecule has 32 heavy (non-hydrogen) atoms. The van der Waals surface area contributed by atoms with Crippen LogP contribution >= 0.6 is 15.9 Å². The molecule has 1 aliphatic heterocycles. The molecule has 10 heteroatoms. The molecule has 1 aliphatic rings. The SMILES string of the molecule is CC(=O)OCC1OC(Cc2ccc(CBr)cc2)C(OC(C)=O)C(OC(C)=O)C1OC(C)=O. The summed E-state index contributed by atoms with van der Waals surface area (Å²) in [5, 5.41) is 0.701. The molecule has 1 fully saturated rings. The van der Waals surface area contributed by atoms with Crippen LogP contribution < -0.4 is 0 Å². The van der Waals surface area contributed by atoms with E-state index in [2.05, 4.69) is 15.9 Å². The Bertz CT molecular complexity index is 823. The summed E-state index contributed by atoms with van der Waals surface area (Å²) in [5.41, 5.74) is 1.96. The number of alkyl halides is 1. The van der Waals surface area contributed by atoms with Gasteiger partial charge >= 0.3 is 23.9 Å². The third-order valence-corrected chi connectivity index (χ3v) is 5.35. The highest BCUT2D eigenvalue weighted by atomic mass is 79.9. The highest BCUT2D eigenvalue weighted by Gasteiger charge is 2.51. The van der Waals surface area contributed by atoms with E-state index >= 15 is 0 Å². The zero-order valence-corrected chi connectivity index (χ0v) is 20.0. The number of rotatable bonds is 8. The summed E-state index contributed by atoms with van der Waals surface area (Å²) in [4.78, 5) is 46.8. The standard InChI is InChI=1S/C22H27BrO9/c1-12(24)28-11-19-21(30-14(3)26)22(31-15(4)27)20(29-13(2)25)18(32-19)9-16-5-7-17(10-23)8-6-16/h5-8,18-22H,9-11H2,1-4H3. The lowest BCUT2D eigenvalue weighted by molar-refractivity contribution is -0.252. The van der Waals surface area contributed by atoms with Crippen molar-refractivity contribution in [2.75, 3.05) is 6.61 Å². The molecule has 0 aliphatic carbocycles. The number of benzene rings is 1. The third-order valence-electron chi connectivity index (χ3n) is 4.70. The Morgan fingerprint density at radius 3 is 1.69 bits per heavy atom. The number of esters is 4. The van der Waals surface area contributed by atoms with Gasteiger partial charge in [0.2, 0.25) is 0 Å². The molecular weight excluding hydrogens is 488 g/mol. The van der Waals surface area contributed by atoms with Gasteiger partial charge in [0, 0.05) is 39.4 Å². The zero-order valence-electron chi connectivity index (χ0n) is 18.4. The summed E-state index contributed by atoms with van der Waals surface area (Å²) in [5.74, 6) is -2.48. The summed E-state index contributed by atoms with van der Waals surface area (Å²) in [7, 11) is 0. The van der Waals surface area contributed by atoms with Crippen molar-refractivity contribution in [3.63, 3.8) is 0 Å². The number of hydrogen-bond donors (Lipinski definition) is 0. The fraction of sp³-hybridized carbons (Fsp3) is 0.545. The zero-order chi connectivity index (χ0) is 23.8. The Balaban J connectivity index is 2.42. The molecule has 0 saturated carbocycles. The summed E-state index contributed by atoms with van der Waals surface area (Å²) < 4.78 is 27.5. The van der Waals surface area contributed by atoms with Crippen molar-refractivity contribution >= 4 is 39.8 Å². The van der Waals surface area contributed by atoms with E-state index in [0.717, 1.165) is 11.1 Å². The second-order valence-electron chi connectivity index (χ2n) is 7.39. The van der Waals surface area contributed by atoms with Crippen molar-refractivity contribution in [1.82, 2.24) is 0 Å². The first-order valence-electron chi connectivity index (χ1n) is 10.0. The van der Waals surface area contributed by atoms with Gasteiger partial charge in [-0.3, -0.25) is 19.2 Å². The van der Waals surface area contributed by atoms with Crippen LogP contribution in [0, 0.1) is 0 Å². The average molecular weight is 515 g/mol. The van der Waals surface area contributed by atoms with E-state index in [0.29, 0.717) is 11.8 Å². The molecule has 5 atom stereocenters. The van der Waals surface area contributed by atoms with Crippen LogP contribution in [0.4, 0.5) is 0 Å². The molecule has 0 bridgehead atoms. The summed E-state index contributed by atoms with van der Waals surface area (Å²) >= 11 is 3.40. The Hall–Kier alpha value is -2.46. The fourth-order valence-electron chi connectivity index (χ4n) is 3.48. The van der Waals surface area contributed by atoms with Crippen LogP contribution in [0.2, 0.25) is 0 Å². The molecule has 176 valence electrons. The Kier molecular flexibility index (Phi) is 9.64. The van der Waals surface area contributed by atoms with Crippen molar-refractivity contribution < 1.29 is 42.9 Å². The first-order chi connectivity index (χ1) is 15.1. The maximum atomic E-state index is 11.8. The van der Waals surface area contributed by atoms with Crippen LogP contribution in [0.15, 0.2) is 24.3 Å². The molecule has 9 nitrogen and oxygen atoms in total. The first kappa shape index (κ1) is 25.8. The topological polar surface area (TPSA) is 114 Å². The van der Waals surface area contributed by atoms with Gasteiger partial charge in [-0.2, -0.15) is 0 Å².